The van der Waals surface area contributed by atoms with Crippen LogP contribution in [0, 0.1) is 5.92 Å². The van der Waals surface area contributed by atoms with Gasteiger partial charge >= 0.3 is 0 Å². The van der Waals surface area contributed by atoms with E-state index >= 15 is 0 Å². The van der Waals surface area contributed by atoms with Crippen LogP contribution in [0.4, 0.5) is 0 Å². The predicted octanol–water partition coefficient (Wildman–Crippen LogP) is 1.20. The first-order valence-electron chi connectivity index (χ1n) is 5.22. The smallest absolute Gasteiger partial charge is 0.223 e. The number of hydrogen-bond donors (Lipinski definition) is 1. The zero-order valence-corrected chi connectivity index (χ0v) is 10.2. The molecule has 94 valence electrons. The Kier molecular flexibility index (Phi) is 4.63. The Morgan fingerprint density at radius 3 is 2.06 bits per heavy atom. The molecule has 0 saturated carbocycles. The van der Waals surface area contributed by atoms with E-state index in [1.807, 2.05) is 0 Å². The minimum absolute atomic E-state index is 0.228. The van der Waals surface area contributed by atoms with Crippen LogP contribution < -0.4 is 19.9 Å². The number of ether oxygens (including phenoxy) is 3. The Labute approximate surface area is 100 Å². The van der Waals surface area contributed by atoms with Gasteiger partial charge in [0.05, 0.1) is 26.7 Å². The van der Waals surface area contributed by atoms with Crippen LogP contribution in [0.5, 0.6) is 17.2 Å². The van der Waals surface area contributed by atoms with Crippen LogP contribution in [0.25, 0.3) is 0 Å². The van der Waals surface area contributed by atoms with Crippen molar-refractivity contribution in [2.24, 2.45) is 11.7 Å². The number of amides is 1. The standard InChI is InChI=1S/C12H17NO4/c1-8(12(13)14)7-17-11-5-9(15-2)4-10(6-11)16-3/h4-6,8H,7H2,1-3H3,(H2,13,14). The van der Waals surface area contributed by atoms with Gasteiger partial charge in [0.25, 0.3) is 0 Å². The van der Waals surface area contributed by atoms with Gasteiger partial charge in [-0.25, -0.2) is 0 Å². The molecule has 5 nitrogen and oxygen atoms in total. The Bertz CT molecular complexity index is 370. The first kappa shape index (κ1) is 13.2. The van der Waals surface area contributed by atoms with E-state index in [0.29, 0.717) is 17.2 Å². The van der Waals surface area contributed by atoms with Gasteiger partial charge in [0.15, 0.2) is 0 Å². The van der Waals surface area contributed by atoms with E-state index in [2.05, 4.69) is 0 Å². The summed E-state index contributed by atoms with van der Waals surface area (Å²) in [6, 6.07) is 5.18. The Morgan fingerprint density at radius 1 is 1.18 bits per heavy atom. The van der Waals surface area contributed by atoms with Gasteiger partial charge in [0.1, 0.15) is 17.2 Å². The molecule has 0 spiro atoms. The van der Waals surface area contributed by atoms with E-state index in [9.17, 15) is 4.79 Å². The van der Waals surface area contributed by atoms with Gasteiger partial charge in [0, 0.05) is 18.2 Å². The normalized spacial score (nSPS) is 11.7. The highest BCUT2D eigenvalue weighted by Crippen LogP contribution is 2.27. The van der Waals surface area contributed by atoms with Gasteiger partial charge in [-0.05, 0) is 0 Å². The SMILES string of the molecule is COc1cc(OC)cc(OCC(C)C(N)=O)c1. The summed E-state index contributed by atoms with van der Waals surface area (Å²) < 4.78 is 15.7. The van der Waals surface area contributed by atoms with E-state index in [1.165, 1.54) is 0 Å². The van der Waals surface area contributed by atoms with Crippen LogP contribution in [-0.2, 0) is 4.79 Å². The Balaban J connectivity index is 2.73. The number of hydrogen-bond acceptors (Lipinski definition) is 4. The van der Waals surface area contributed by atoms with Gasteiger partial charge < -0.3 is 19.9 Å². The minimum Gasteiger partial charge on any atom is -0.496 e. The maximum Gasteiger partial charge on any atom is 0.223 e. The average molecular weight is 239 g/mol. The number of rotatable bonds is 6. The molecule has 0 fully saturated rings. The quantitative estimate of drug-likeness (QED) is 0.809. The zero-order valence-electron chi connectivity index (χ0n) is 10.2. The summed E-state index contributed by atoms with van der Waals surface area (Å²) in [6.45, 7) is 1.94. The summed E-state index contributed by atoms with van der Waals surface area (Å²) in [5.41, 5.74) is 5.14. The van der Waals surface area contributed by atoms with Crippen molar-refractivity contribution < 1.29 is 19.0 Å². The van der Waals surface area contributed by atoms with E-state index < -0.39 is 0 Å². The van der Waals surface area contributed by atoms with Crippen molar-refractivity contribution in [3.63, 3.8) is 0 Å². The van der Waals surface area contributed by atoms with Crippen LogP contribution in [0.15, 0.2) is 18.2 Å². The first-order chi connectivity index (χ1) is 8.06. The lowest BCUT2D eigenvalue weighted by atomic mass is 10.2. The molecule has 1 unspecified atom stereocenters. The van der Waals surface area contributed by atoms with Crippen LogP contribution in [0.2, 0.25) is 0 Å². The van der Waals surface area contributed by atoms with Crippen molar-refractivity contribution >= 4 is 5.91 Å². The molecule has 0 aliphatic heterocycles. The van der Waals surface area contributed by atoms with Gasteiger partial charge in [0.2, 0.25) is 5.91 Å². The van der Waals surface area contributed by atoms with Gasteiger partial charge in [-0.3, -0.25) is 4.79 Å². The lowest BCUT2D eigenvalue weighted by Gasteiger charge is -2.12. The molecule has 17 heavy (non-hydrogen) atoms. The number of primary amides is 1. The van der Waals surface area contributed by atoms with Gasteiger partial charge in [-0.15, -0.1) is 0 Å². The number of carbonyl (C=O) groups excluding carboxylic acids is 1. The molecule has 0 radical (unpaired) electrons. The molecule has 1 atom stereocenters. The fourth-order valence-electron chi connectivity index (χ4n) is 1.17. The largest absolute Gasteiger partial charge is 0.496 e. The topological polar surface area (TPSA) is 70.8 Å². The maximum atomic E-state index is 10.9. The number of carbonyl (C=O) groups is 1. The Hall–Kier alpha value is -1.91. The summed E-state index contributed by atoms with van der Waals surface area (Å²) in [6.07, 6.45) is 0. The van der Waals surface area contributed by atoms with Crippen LogP contribution in [0.3, 0.4) is 0 Å². The second-order valence-electron chi connectivity index (χ2n) is 3.66. The third-order valence-corrected chi connectivity index (χ3v) is 2.31. The molecule has 0 aromatic heterocycles. The second kappa shape index (κ2) is 5.98. The van der Waals surface area contributed by atoms with Crippen molar-refractivity contribution in [3.05, 3.63) is 18.2 Å². The lowest BCUT2D eigenvalue weighted by Crippen LogP contribution is -2.25. The fourth-order valence-corrected chi connectivity index (χ4v) is 1.17. The molecule has 1 aromatic rings. The molecule has 2 N–H and O–H groups in total. The monoisotopic (exact) mass is 239 g/mol. The molecular formula is C12H17NO4. The molecule has 1 aromatic carbocycles. The van der Waals surface area contributed by atoms with E-state index in [1.54, 1.807) is 39.3 Å². The number of benzene rings is 1. The summed E-state index contributed by atoms with van der Waals surface area (Å²) >= 11 is 0. The van der Waals surface area contributed by atoms with E-state index in [0.717, 1.165) is 0 Å². The molecule has 1 rings (SSSR count). The summed E-state index contributed by atoms with van der Waals surface area (Å²) in [5, 5.41) is 0. The van der Waals surface area contributed by atoms with Crippen molar-refractivity contribution in [2.45, 2.75) is 6.92 Å². The number of nitrogens with two attached hydrogens (primary N) is 1. The predicted molar refractivity (Wildman–Crippen MR) is 63.4 cm³/mol. The van der Waals surface area contributed by atoms with Crippen LogP contribution >= 0.6 is 0 Å². The van der Waals surface area contributed by atoms with Gasteiger partial charge in [-0.2, -0.15) is 0 Å². The van der Waals surface area contributed by atoms with Crippen molar-refractivity contribution in [3.8, 4) is 17.2 Å². The molecule has 0 aliphatic carbocycles. The van der Waals surface area contributed by atoms with Crippen molar-refractivity contribution in [2.75, 3.05) is 20.8 Å². The molecule has 0 aliphatic rings. The molecule has 0 heterocycles. The average Bonchev–Trinajstić information content (AvgIpc) is 2.35. The van der Waals surface area contributed by atoms with Crippen molar-refractivity contribution in [1.29, 1.82) is 0 Å². The highest BCUT2D eigenvalue weighted by Gasteiger charge is 2.10. The van der Waals surface area contributed by atoms with Crippen LogP contribution in [0.1, 0.15) is 6.92 Å². The maximum absolute atomic E-state index is 10.9. The third-order valence-electron chi connectivity index (χ3n) is 2.31. The van der Waals surface area contributed by atoms with E-state index in [4.69, 9.17) is 19.9 Å². The number of methoxy groups -OCH3 is 2. The molecule has 0 bridgehead atoms. The fraction of sp³-hybridized carbons (Fsp3) is 0.417. The molecule has 5 heteroatoms. The Morgan fingerprint density at radius 2 is 1.65 bits per heavy atom. The third kappa shape index (κ3) is 3.86. The van der Waals surface area contributed by atoms with Gasteiger partial charge in [-0.1, -0.05) is 6.92 Å². The summed E-state index contributed by atoms with van der Waals surface area (Å²) in [7, 11) is 3.12. The zero-order chi connectivity index (χ0) is 12.8. The highest BCUT2D eigenvalue weighted by atomic mass is 16.5. The van der Waals surface area contributed by atoms with Crippen molar-refractivity contribution in [1.82, 2.24) is 0 Å². The van der Waals surface area contributed by atoms with Crippen LogP contribution in [-0.4, -0.2) is 26.7 Å². The lowest BCUT2D eigenvalue weighted by molar-refractivity contribution is -0.122. The molecular weight excluding hydrogens is 222 g/mol. The minimum atomic E-state index is -0.389. The highest BCUT2D eigenvalue weighted by molar-refractivity contribution is 5.76. The first-order valence-corrected chi connectivity index (χ1v) is 5.22. The second-order valence-corrected chi connectivity index (χ2v) is 3.66. The summed E-state index contributed by atoms with van der Waals surface area (Å²) in [5.74, 6) is 1.11. The van der Waals surface area contributed by atoms with E-state index in [-0.39, 0.29) is 18.4 Å². The molecule has 1 amide bonds. The summed E-state index contributed by atoms with van der Waals surface area (Å²) in [4.78, 5) is 10.9. The molecule has 0 saturated heterocycles.